The summed E-state index contributed by atoms with van der Waals surface area (Å²) in [4.78, 5) is 12.1. The lowest BCUT2D eigenvalue weighted by Crippen LogP contribution is -2.01. The SMILES string of the molecule is C=C/C=C(\C=C/C)C(=O)c1cccc(C)c1. The molecule has 0 radical (unpaired) electrons. The highest BCUT2D eigenvalue weighted by Gasteiger charge is 2.08. The van der Waals surface area contributed by atoms with E-state index >= 15 is 0 Å². The molecule has 0 aliphatic heterocycles. The minimum Gasteiger partial charge on any atom is -0.289 e. The van der Waals surface area contributed by atoms with Gasteiger partial charge in [0.1, 0.15) is 0 Å². The number of carbonyl (C=O) groups is 1. The monoisotopic (exact) mass is 212 g/mol. The van der Waals surface area contributed by atoms with Crippen LogP contribution in [0.1, 0.15) is 22.8 Å². The second-order valence-corrected chi connectivity index (χ2v) is 3.56. The van der Waals surface area contributed by atoms with Gasteiger partial charge in [0.25, 0.3) is 0 Å². The summed E-state index contributed by atoms with van der Waals surface area (Å²) in [7, 11) is 0. The van der Waals surface area contributed by atoms with E-state index in [1.165, 1.54) is 0 Å². The average Bonchev–Trinajstić information content (AvgIpc) is 2.28. The van der Waals surface area contributed by atoms with Crippen molar-refractivity contribution in [3.05, 3.63) is 71.8 Å². The third-order valence-electron chi connectivity index (χ3n) is 2.19. The van der Waals surface area contributed by atoms with Crippen molar-refractivity contribution < 1.29 is 4.79 Å². The minimum absolute atomic E-state index is 0.0294. The van der Waals surface area contributed by atoms with E-state index in [1.807, 2.05) is 44.2 Å². The van der Waals surface area contributed by atoms with Gasteiger partial charge in [0.15, 0.2) is 5.78 Å². The Morgan fingerprint density at radius 2 is 2.12 bits per heavy atom. The molecule has 82 valence electrons. The number of Topliss-reactive ketones (excluding diaryl/α,β-unsaturated/α-hetero) is 1. The largest absolute Gasteiger partial charge is 0.289 e. The lowest BCUT2D eigenvalue weighted by atomic mass is 10.0. The molecule has 0 atom stereocenters. The summed E-state index contributed by atoms with van der Waals surface area (Å²) in [5.41, 5.74) is 2.46. The maximum absolute atomic E-state index is 12.1. The summed E-state index contributed by atoms with van der Waals surface area (Å²) in [6.07, 6.45) is 7.00. The third-order valence-corrected chi connectivity index (χ3v) is 2.19. The molecule has 1 aromatic rings. The molecule has 0 N–H and O–H groups in total. The molecule has 0 aromatic heterocycles. The Morgan fingerprint density at radius 3 is 2.69 bits per heavy atom. The first-order chi connectivity index (χ1) is 7.69. The Labute approximate surface area is 96.8 Å². The van der Waals surface area contributed by atoms with Crippen molar-refractivity contribution in [1.82, 2.24) is 0 Å². The van der Waals surface area contributed by atoms with E-state index < -0.39 is 0 Å². The average molecular weight is 212 g/mol. The van der Waals surface area contributed by atoms with Crippen LogP contribution in [0.2, 0.25) is 0 Å². The second kappa shape index (κ2) is 5.86. The van der Waals surface area contributed by atoms with Crippen molar-refractivity contribution in [2.45, 2.75) is 13.8 Å². The predicted octanol–water partition coefficient (Wildman–Crippen LogP) is 3.87. The zero-order chi connectivity index (χ0) is 12.0. The summed E-state index contributed by atoms with van der Waals surface area (Å²) in [5.74, 6) is 0.0294. The first-order valence-electron chi connectivity index (χ1n) is 5.26. The summed E-state index contributed by atoms with van der Waals surface area (Å²) in [5, 5.41) is 0. The highest BCUT2D eigenvalue weighted by molar-refractivity contribution is 6.10. The van der Waals surface area contributed by atoms with Crippen LogP contribution < -0.4 is 0 Å². The van der Waals surface area contributed by atoms with Crippen LogP contribution >= 0.6 is 0 Å². The topological polar surface area (TPSA) is 17.1 Å². The molecule has 1 rings (SSSR count). The van der Waals surface area contributed by atoms with Crippen LogP contribution in [-0.4, -0.2) is 5.78 Å². The Morgan fingerprint density at radius 1 is 1.38 bits per heavy atom. The summed E-state index contributed by atoms with van der Waals surface area (Å²) < 4.78 is 0. The fourth-order valence-corrected chi connectivity index (χ4v) is 1.47. The van der Waals surface area contributed by atoms with E-state index in [0.29, 0.717) is 11.1 Å². The van der Waals surface area contributed by atoms with E-state index in [9.17, 15) is 4.79 Å². The first kappa shape index (κ1) is 12.2. The van der Waals surface area contributed by atoms with Crippen LogP contribution in [0, 0.1) is 6.92 Å². The number of allylic oxidation sites excluding steroid dienone is 5. The summed E-state index contributed by atoms with van der Waals surface area (Å²) in [6.45, 7) is 7.48. The Bertz CT molecular complexity index is 450. The number of hydrogen-bond acceptors (Lipinski definition) is 1. The van der Waals surface area contributed by atoms with Crippen LogP contribution in [0.15, 0.2) is 60.7 Å². The van der Waals surface area contributed by atoms with Crippen molar-refractivity contribution in [2.24, 2.45) is 0 Å². The number of rotatable bonds is 4. The van der Waals surface area contributed by atoms with Gasteiger partial charge in [0.05, 0.1) is 0 Å². The molecule has 0 saturated carbocycles. The van der Waals surface area contributed by atoms with Gasteiger partial charge in [-0.3, -0.25) is 4.79 Å². The molecule has 0 saturated heterocycles. The molecule has 0 spiro atoms. The zero-order valence-electron chi connectivity index (χ0n) is 9.73. The van der Waals surface area contributed by atoms with Crippen LogP contribution in [0.3, 0.4) is 0 Å². The molecule has 0 heterocycles. The van der Waals surface area contributed by atoms with Crippen LogP contribution in [0.5, 0.6) is 0 Å². The zero-order valence-corrected chi connectivity index (χ0v) is 9.73. The first-order valence-corrected chi connectivity index (χ1v) is 5.26. The number of aryl methyl sites for hydroxylation is 1. The van der Waals surface area contributed by atoms with E-state index in [1.54, 1.807) is 18.2 Å². The normalized spacial score (nSPS) is 11.8. The van der Waals surface area contributed by atoms with Gasteiger partial charge in [-0.15, -0.1) is 0 Å². The molecule has 0 bridgehead atoms. The highest BCUT2D eigenvalue weighted by atomic mass is 16.1. The molecule has 0 amide bonds. The number of ketones is 1. The van der Waals surface area contributed by atoms with E-state index in [0.717, 1.165) is 5.56 Å². The van der Waals surface area contributed by atoms with Gasteiger partial charge >= 0.3 is 0 Å². The summed E-state index contributed by atoms with van der Waals surface area (Å²) in [6, 6.07) is 7.59. The van der Waals surface area contributed by atoms with Gasteiger partial charge in [-0.05, 0) is 19.9 Å². The molecular formula is C15H16O. The lowest BCUT2D eigenvalue weighted by Gasteiger charge is -2.02. The fourth-order valence-electron chi connectivity index (χ4n) is 1.47. The van der Waals surface area contributed by atoms with Gasteiger partial charge in [0.2, 0.25) is 0 Å². The van der Waals surface area contributed by atoms with E-state index in [4.69, 9.17) is 0 Å². The van der Waals surface area contributed by atoms with Gasteiger partial charge in [-0.1, -0.05) is 54.6 Å². The number of benzene rings is 1. The maximum Gasteiger partial charge on any atom is 0.193 e. The van der Waals surface area contributed by atoms with E-state index in [2.05, 4.69) is 6.58 Å². The molecular weight excluding hydrogens is 196 g/mol. The van der Waals surface area contributed by atoms with Gasteiger partial charge in [0, 0.05) is 11.1 Å². The fraction of sp³-hybridized carbons (Fsp3) is 0.133. The van der Waals surface area contributed by atoms with Crippen LogP contribution in [0.25, 0.3) is 0 Å². The molecule has 0 aliphatic carbocycles. The standard InChI is InChI=1S/C15H16O/c1-4-7-13(8-5-2)15(16)14-10-6-9-12(3)11-14/h4-11H,1H2,2-3H3/b8-5-,13-7+. The number of hydrogen-bond donors (Lipinski definition) is 0. The third kappa shape index (κ3) is 3.06. The molecule has 1 heteroatoms. The second-order valence-electron chi connectivity index (χ2n) is 3.56. The summed E-state index contributed by atoms with van der Waals surface area (Å²) >= 11 is 0. The molecule has 1 aromatic carbocycles. The van der Waals surface area contributed by atoms with Crippen LogP contribution in [0.4, 0.5) is 0 Å². The van der Waals surface area contributed by atoms with E-state index in [-0.39, 0.29) is 5.78 Å². The van der Waals surface area contributed by atoms with Gasteiger partial charge in [-0.25, -0.2) is 0 Å². The highest BCUT2D eigenvalue weighted by Crippen LogP contribution is 2.11. The Balaban J connectivity index is 3.09. The van der Waals surface area contributed by atoms with Crippen molar-refractivity contribution in [1.29, 1.82) is 0 Å². The Kier molecular flexibility index (Phi) is 4.46. The van der Waals surface area contributed by atoms with Crippen molar-refractivity contribution in [3.8, 4) is 0 Å². The smallest absolute Gasteiger partial charge is 0.193 e. The Hall–Kier alpha value is -1.89. The van der Waals surface area contributed by atoms with Crippen molar-refractivity contribution >= 4 is 5.78 Å². The lowest BCUT2D eigenvalue weighted by molar-refractivity contribution is 0.103. The maximum atomic E-state index is 12.1. The molecule has 0 fully saturated rings. The van der Waals surface area contributed by atoms with Crippen LogP contribution in [-0.2, 0) is 0 Å². The molecule has 0 aliphatic rings. The quantitative estimate of drug-likeness (QED) is 0.420. The minimum atomic E-state index is 0.0294. The van der Waals surface area contributed by atoms with Crippen molar-refractivity contribution in [2.75, 3.05) is 0 Å². The van der Waals surface area contributed by atoms with Crippen molar-refractivity contribution in [3.63, 3.8) is 0 Å². The van der Waals surface area contributed by atoms with Gasteiger partial charge in [-0.2, -0.15) is 0 Å². The number of carbonyl (C=O) groups excluding carboxylic acids is 1. The van der Waals surface area contributed by atoms with Gasteiger partial charge < -0.3 is 0 Å². The molecule has 16 heavy (non-hydrogen) atoms. The molecule has 0 unspecified atom stereocenters. The predicted molar refractivity (Wildman–Crippen MR) is 68.6 cm³/mol. The molecule has 1 nitrogen and oxygen atoms in total.